The summed E-state index contributed by atoms with van der Waals surface area (Å²) in [4.78, 5) is 11.2. The molecule has 2 bridgehead atoms. The predicted octanol–water partition coefficient (Wildman–Crippen LogP) is 3.62. The standard InChI is InChI=1S/C19H22F2N4/c1-11-3-4-15(17(21)16(11)20)14-9-22-19(23-10-14)24-18-12(2)25-7-5-13(18)6-8-25/h3-4,9-10,12-13,18H,5-8H2,1-2H3,(H,22,23,24)/t12-,18+/m1/s1. The quantitative estimate of drug-likeness (QED) is 0.923. The lowest BCUT2D eigenvalue weighted by atomic mass is 9.79. The molecule has 1 aromatic heterocycles. The lowest BCUT2D eigenvalue weighted by Crippen LogP contribution is -2.59. The molecule has 5 rings (SSSR count). The van der Waals surface area contributed by atoms with E-state index in [1.165, 1.54) is 25.9 Å². The highest BCUT2D eigenvalue weighted by molar-refractivity contribution is 5.63. The molecule has 3 aliphatic rings. The van der Waals surface area contributed by atoms with Gasteiger partial charge in [-0.15, -0.1) is 0 Å². The van der Waals surface area contributed by atoms with Gasteiger partial charge < -0.3 is 5.32 Å². The fourth-order valence-electron chi connectivity index (χ4n) is 4.10. The first-order valence-corrected chi connectivity index (χ1v) is 8.82. The zero-order valence-electron chi connectivity index (χ0n) is 14.5. The van der Waals surface area contributed by atoms with Gasteiger partial charge in [0.15, 0.2) is 11.6 Å². The maximum atomic E-state index is 14.1. The zero-order valence-corrected chi connectivity index (χ0v) is 14.5. The first kappa shape index (κ1) is 16.4. The molecule has 1 aromatic carbocycles. The Morgan fingerprint density at radius 1 is 1.08 bits per heavy atom. The number of aryl methyl sites for hydroxylation is 1. The van der Waals surface area contributed by atoms with E-state index in [-0.39, 0.29) is 11.1 Å². The van der Waals surface area contributed by atoms with Gasteiger partial charge in [0, 0.05) is 35.6 Å². The minimum Gasteiger partial charge on any atom is -0.350 e. The van der Waals surface area contributed by atoms with Crippen LogP contribution in [0.5, 0.6) is 0 Å². The number of halogens is 2. The van der Waals surface area contributed by atoms with Gasteiger partial charge in [0.1, 0.15) is 0 Å². The molecule has 6 heteroatoms. The second-order valence-electron chi connectivity index (χ2n) is 7.14. The SMILES string of the molecule is Cc1ccc(-c2cnc(N[C@@H]3C4CCN(CC4)[C@@H]3C)nc2)c(F)c1F. The number of aromatic nitrogens is 2. The number of fused-ring (bicyclic) bond motifs is 3. The number of benzene rings is 1. The Hall–Kier alpha value is -2.08. The monoisotopic (exact) mass is 344 g/mol. The molecule has 2 atom stereocenters. The maximum absolute atomic E-state index is 14.1. The Labute approximate surface area is 146 Å². The lowest BCUT2D eigenvalue weighted by molar-refractivity contribution is 0.0455. The second-order valence-corrected chi connectivity index (χ2v) is 7.14. The van der Waals surface area contributed by atoms with Crippen molar-refractivity contribution in [2.75, 3.05) is 18.4 Å². The van der Waals surface area contributed by atoms with Crippen molar-refractivity contribution < 1.29 is 8.78 Å². The van der Waals surface area contributed by atoms with Crippen LogP contribution in [0.25, 0.3) is 11.1 Å². The van der Waals surface area contributed by atoms with Crippen LogP contribution in [0.15, 0.2) is 24.5 Å². The molecule has 4 heterocycles. The summed E-state index contributed by atoms with van der Waals surface area (Å²) >= 11 is 0. The highest BCUT2D eigenvalue weighted by Gasteiger charge is 2.39. The van der Waals surface area contributed by atoms with Crippen molar-refractivity contribution in [3.05, 3.63) is 41.7 Å². The molecule has 0 radical (unpaired) electrons. The number of nitrogens with zero attached hydrogens (tertiary/aromatic N) is 3. The number of anilines is 1. The van der Waals surface area contributed by atoms with Crippen LogP contribution in [0.2, 0.25) is 0 Å². The molecular formula is C19H22F2N4. The van der Waals surface area contributed by atoms with Crippen LogP contribution >= 0.6 is 0 Å². The van der Waals surface area contributed by atoms with E-state index in [1.807, 2.05) is 0 Å². The van der Waals surface area contributed by atoms with Gasteiger partial charge in [-0.05, 0) is 51.3 Å². The minimum atomic E-state index is -0.852. The summed E-state index contributed by atoms with van der Waals surface area (Å²) in [6.07, 6.45) is 5.50. The minimum absolute atomic E-state index is 0.186. The van der Waals surface area contributed by atoms with Gasteiger partial charge in [-0.25, -0.2) is 18.7 Å². The van der Waals surface area contributed by atoms with Crippen molar-refractivity contribution in [1.29, 1.82) is 0 Å². The van der Waals surface area contributed by atoms with Gasteiger partial charge in [0.25, 0.3) is 0 Å². The molecule has 0 aliphatic carbocycles. The summed E-state index contributed by atoms with van der Waals surface area (Å²) in [5, 5.41) is 3.44. The number of hydrogen-bond acceptors (Lipinski definition) is 4. The molecule has 2 aromatic rings. The van der Waals surface area contributed by atoms with Crippen molar-refractivity contribution in [3.63, 3.8) is 0 Å². The van der Waals surface area contributed by atoms with Crippen LogP contribution in [0.3, 0.4) is 0 Å². The van der Waals surface area contributed by atoms with Crippen LogP contribution in [0, 0.1) is 24.5 Å². The van der Waals surface area contributed by atoms with Crippen molar-refractivity contribution in [2.24, 2.45) is 5.92 Å². The number of rotatable bonds is 3. The third-order valence-electron chi connectivity index (χ3n) is 5.71. The normalized spacial score (nSPS) is 28.2. The van der Waals surface area contributed by atoms with E-state index in [0.717, 1.165) is 0 Å². The molecule has 25 heavy (non-hydrogen) atoms. The number of piperidine rings is 3. The Kier molecular flexibility index (Phi) is 4.15. The van der Waals surface area contributed by atoms with E-state index >= 15 is 0 Å². The van der Waals surface area contributed by atoms with Crippen molar-refractivity contribution in [1.82, 2.24) is 14.9 Å². The van der Waals surface area contributed by atoms with Gasteiger partial charge >= 0.3 is 0 Å². The largest absolute Gasteiger partial charge is 0.350 e. The van der Waals surface area contributed by atoms with Crippen LogP contribution in [0.4, 0.5) is 14.7 Å². The van der Waals surface area contributed by atoms with E-state index in [1.54, 1.807) is 31.5 Å². The predicted molar refractivity (Wildman–Crippen MR) is 93.3 cm³/mol. The molecule has 0 amide bonds. The summed E-state index contributed by atoms with van der Waals surface area (Å²) in [5.74, 6) is -0.481. The molecule has 132 valence electrons. The van der Waals surface area contributed by atoms with Crippen LogP contribution in [-0.2, 0) is 0 Å². The van der Waals surface area contributed by atoms with E-state index < -0.39 is 11.6 Å². The first-order chi connectivity index (χ1) is 12.0. The Balaban J connectivity index is 1.54. The smallest absolute Gasteiger partial charge is 0.222 e. The van der Waals surface area contributed by atoms with E-state index in [9.17, 15) is 8.78 Å². The third kappa shape index (κ3) is 2.88. The average molecular weight is 344 g/mol. The molecule has 0 unspecified atom stereocenters. The molecular weight excluding hydrogens is 322 g/mol. The molecule has 3 fully saturated rings. The number of nitrogens with one attached hydrogen (secondary N) is 1. The van der Waals surface area contributed by atoms with Crippen LogP contribution in [0.1, 0.15) is 25.3 Å². The summed E-state index contributed by atoms with van der Waals surface area (Å²) < 4.78 is 27.9. The summed E-state index contributed by atoms with van der Waals surface area (Å²) in [6.45, 7) is 6.12. The molecule has 0 saturated carbocycles. The van der Waals surface area contributed by atoms with Gasteiger partial charge in [-0.1, -0.05) is 12.1 Å². The molecule has 1 N–H and O–H groups in total. The Morgan fingerprint density at radius 3 is 2.40 bits per heavy atom. The van der Waals surface area contributed by atoms with Gasteiger partial charge in [-0.2, -0.15) is 0 Å². The summed E-state index contributed by atoms with van der Waals surface area (Å²) in [7, 11) is 0. The topological polar surface area (TPSA) is 41.1 Å². The van der Waals surface area contributed by atoms with Crippen molar-refractivity contribution in [3.8, 4) is 11.1 Å². The van der Waals surface area contributed by atoms with E-state index in [4.69, 9.17) is 0 Å². The van der Waals surface area contributed by atoms with Crippen LogP contribution < -0.4 is 5.32 Å². The fraction of sp³-hybridized carbons (Fsp3) is 0.474. The average Bonchev–Trinajstić information content (AvgIpc) is 2.64. The zero-order chi connectivity index (χ0) is 17.6. The van der Waals surface area contributed by atoms with E-state index in [2.05, 4.69) is 27.1 Å². The van der Waals surface area contributed by atoms with Crippen molar-refractivity contribution >= 4 is 5.95 Å². The van der Waals surface area contributed by atoms with Crippen LogP contribution in [-0.4, -0.2) is 40.0 Å². The summed E-state index contributed by atoms with van der Waals surface area (Å²) in [5.41, 5.74) is 0.951. The van der Waals surface area contributed by atoms with E-state index in [0.29, 0.717) is 29.5 Å². The van der Waals surface area contributed by atoms with Crippen molar-refractivity contribution in [2.45, 2.75) is 38.8 Å². The second kappa shape index (κ2) is 6.33. The molecule has 4 nitrogen and oxygen atoms in total. The summed E-state index contributed by atoms with van der Waals surface area (Å²) in [6, 6.07) is 3.92. The molecule has 3 aliphatic heterocycles. The lowest BCUT2D eigenvalue weighted by Gasteiger charge is -2.49. The number of hydrogen-bond donors (Lipinski definition) is 1. The first-order valence-electron chi connectivity index (χ1n) is 8.82. The Bertz CT molecular complexity index is 768. The molecule has 0 spiro atoms. The fourth-order valence-corrected chi connectivity index (χ4v) is 4.10. The highest BCUT2D eigenvalue weighted by atomic mass is 19.2. The maximum Gasteiger partial charge on any atom is 0.222 e. The molecule has 3 saturated heterocycles. The van der Waals surface area contributed by atoms with Gasteiger partial charge in [0.2, 0.25) is 5.95 Å². The van der Waals surface area contributed by atoms with Gasteiger partial charge in [0.05, 0.1) is 0 Å². The highest BCUT2D eigenvalue weighted by Crippen LogP contribution is 2.33. The van der Waals surface area contributed by atoms with Gasteiger partial charge in [-0.3, -0.25) is 4.90 Å². The third-order valence-corrected chi connectivity index (χ3v) is 5.71. The Morgan fingerprint density at radius 2 is 1.76 bits per heavy atom.